The molecule has 1 heterocycles. The number of hydrogen-bond acceptors (Lipinski definition) is 3. The summed E-state index contributed by atoms with van der Waals surface area (Å²) in [7, 11) is 0. The standard InChI is InChI=1S/C13H6BrF2N3O/c14-9-3-8(15)4-10(16)12(9)19-13(20)11-2-1-7(5-17)6-18-11/h1-4,6H,(H,19,20). The molecule has 2 rings (SSSR count). The van der Waals surface area contributed by atoms with Crippen LogP contribution in [-0.2, 0) is 0 Å². The molecule has 1 N–H and O–H groups in total. The first-order valence-corrected chi connectivity index (χ1v) is 6.12. The average molecular weight is 338 g/mol. The zero-order valence-corrected chi connectivity index (χ0v) is 11.4. The molecule has 0 aliphatic rings. The van der Waals surface area contributed by atoms with Crippen molar-refractivity contribution in [2.24, 2.45) is 0 Å². The fourth-order valence-electron chi connectivity index (χ4n) is 1.43. The van der Waals surface area contributed by atoms with Crippen molar-refractivity contribution in [1.29, 1.82) is 5.26 Å². The molecular weight excluding hydrogens is 332 g/mol. The smallest absolute Gasteiger partial charge is 0.274 e. The number of halogens is 3. The van der Waals surface area contributed by atoms with Crippen LogP contribution < -0.4 is 5.32 Å². The first kappa shape index (κ1) is 14.1. The van der Waals surface area contributed by atoms with Gasteiger partial charge in [-0.2, -0.15) is 5.26 Å². The summed E-state index contributed by atoms with van der Waals surface area (Å²) in [6.45, 7) is 0. The van der Waals surface area contributed by atoms with Crippen LogP contribution in [0.25, 0.3) is 0 Å². The van der Waals surface area contributed by atoms with Gasteiger partial charge in [-0.15, -0.1) is 0 Å². The molecule has 0 radical (unpaired) electrons. The Hall–Kier alpha value is -2.33. The van der Waals surface area contributed by atoms with Crippen molar-refractivity contribution in [2.75, 3.05) is 5.32 Å². The van der Waals surface area contributed by atoms with E-state index in [1.54, 1.807) is 0 Å². The van der Waals surface area contributed by atoms with Gasteiger partial charge in [-0.1, -0.05) is 0 Å². The molecule has 100 valence electrons. The Bertz CT molecular complexity index is 688. The predicted octanol–water partition coefficient (Wildman–Crippen LogP) is 3.25. The van der Waals surface area contributed by atoms with E-state index in [0.717, 1.165) is 6.07 Å². The number of pyridine rings is 1. The highest BCUT2D eigenvalue weighted by molar-refractivity contribution is 9.10. The number of carbonyl (C=O) groups is 1. The molecule has 2 aromatic rings. The summed E-state index contributed by atoms with van der Waals surface area (Å²) in [4.78, 5) is 15.6. The maximum atomic E-state index is 13.6. The van der Waals surface area contributed by atoms with Gasteiger partial charge in [0, 0.05) is 16.7 Å². The molecule has 1 aromatic carbocycles. The van der Waals surface area contributed by atoms with Gasteiger partial charge in [0.15, 0.2) is 5.82 Å². The van der Waals surface area contributed by atoms with E-state index < -0.39 is 17.5 Å². The van der Waals surface area contributed by atoms with Gasteiger partial charge < -0.3 is 5.32 Å². The summed E-state index contributed by atoms with van der Waals surface area (Å²) in [5.41, 5.74) is 0.137. The summed E-state index contributed by atoms with van der Waals surface area (Å²) >= 11 is 2.96. The number of nitrogens with one attached hydrogen (secondary N) is 1. The summed E-state index contributed by atoms with van der Waals surface area (Å²) in [6, 6.07) is 6.31. The quantitative estimate of drug-likeness (QED) is 0.914. The topological polar surface area (TPSA) is 65.8 Å². The molecule has 0 aliphatic heterocycles. The van der Waals surface area contributed by atoms with Crippen molar-refractivity contribution in [3.63, 3.8) is 0 Å². The number of carbonyl (C=O) groups excluding carboxylic acids is 1. The lowest BCUT2D eigenvalue weighted by Gasteiger charge is -2.08. The number of nitriles is 1. The Balaban J connectivity index is 2.26. The number of anilines is 1. The van der Waals surface area contributed by atoms with E-state index in [2.05, 4.69) is 26.2 Å². The van der Waals surface area contributed by atoms with E-state index in [4.69, 9.17) is 5.26 Å². The monoisotopic (exact) mass is 337 g/mol. The van der Waals surface area contributed by atoms with Crippen LogP contribution in [0.15, 0.2) is 34.9 Å². The van der Waals surface area contributed by atoms with E-state index in [1.165, 1.54) is 18.3 Å². The molecule has 0 atom stereocenters. The summed E-state index contributed by atoms with van der Waals surface area (Å²) in [6.07, 6.45) is 1.23. The Morgan fingerprint density at radius 3 is 2.65 bits per heavy atom. The molecule has 1 amide bonds. The van der Waals surface area contributed by atoms with Gasteiger partial charge in [0.25, 0.3) is 5.91 Å². The van der Waals surface area contributed by atoms with E-state index in [9.17, 15) is 13.6 Å². The number of aromatic nitrogens is 1. The average Bonchev–Trinajstić information content (AvgIpc) is 2.42. The van der Waals surface area contributed by atoms with E-state index in [0.29, 0.717) is 11.6 Å². The van der Waals surface area contributed by atoms with Crippen LogP contribution in [0, 0.1) is 23.0 Å². The zero-order valence-electron chi connectivity index (χ0n) is 9.82. The summed E-state index contributed by atoms with van der Waals surface area (Å²) in [5, 5.41) is 10.9. The molecule has 4 nitrogen and oxygen atoms in total. The third kappa shape index (κ3) is 2.97. The Morgan fingerprint density at radius 2 is 2.10 bits per heavy atom. The van der Waals surface area contributed by atoms with Crippen LogP contribution in [0.2, 0.25) is 0 Å². The van der Waals surface area contributed by atoms with E-state index >= 15 is 0 Å². The van der Waals surface area contributed by atoms with Crippen LogP contribution in [0.3, 0.4) is 0 Å². The second kappa shape index (κ2) is 5.75. The Labute approximate surface area is 121 Å². The van der Waals surface area contributed by atoms with Crippen LogP contribution >= 0.6 is 15.9 Å². The van der Waals surface area contributed by atoms with Crippen molar-refractivity contribution in [2.45, 2.75) is 0 Å². The van der Waals surface area contributed by atoms with Crippen molar-refractivity contribution in [1.82, 2.24) is 4.98 Å². The molecule has 0 fully saturated rings. The molecule has 1 aromatic heterocycles. The fourth-order valence-corrected chi connectivity index (χ4v) is 1.94. The molecular formula is C13H6BrF2N3O. The van der Waals surface area contributed by atoms with E-state index in [1.807, 2.05) is 6.07 Å². The number of benzene rings is 1. The minimum absolute atomic E-state index is 0.0135. The first-order valence-electron chi connectivity index (χ1n) is 5.33. The maximum absolute atomic E-state index is 13.6. The van der Waals surface area contributed by atoms with Crippen molar-refractivity contribution in [3.05, 3.63) is 57.8 Å². The van der Waals surface area contributed by atoms with Gasteiger partial charge in [0.05, 0.1) is 11.3 Å². The second-order valence-corrected chi connectivity index (χ2v) is 4.60. The normalized spacial score (nSPS) is 9.90. The maximum Gasteiger partial charge on any atom is 0.274 e. The molecule has 0 saturated heterocycles. The number of nitrogens with zero attached hydrogens (tertiary/aromatic N) is 2. The lowest BCUT2D eigenvalue weighted by Crippen LogP contribution is -2.15. The van der Waals surface area contributed by atoms with Gasteiger partial charge in [0.1, 0.15) is 17.6 Å². The predicted molar refractivity (Wildman–Crippen MR) is 71.0 cm³/mol. The highest BCUT2D eigenvalue weighted by Crippen LogP contribution is 2.27. The minimum Gasteiger partial charge on any atom is -0.317 e. The lowest BCUT2D eigenvalue weighted by molar-refractivity contribution is 0.102. The van der Waals surface area contributed by atoms with Crippen molar-refractivity contribution >= 4 is 27.5 Å². The van der Waals surface area contributed by atoms with Gasteiger partial charge in [0.2, 0.25) is 0 Å². The van der Waals surface area contributed by atoms with Crippen LogP contribution in [-0.4, -0.2) is 10.9 Å². The second-order valence-electron chi connectivity index (χ2n) is 3.74. The van der Waals surface area contributed by atoms with Crippen LogP contribution in [0.4, 0.5) is 14.5 Å². The highest BCUT2D eigenvalue weighted by atomic mass is 79.9. The lowest BCUT2D eigenvalue weighted by atomic mass is 10.2. The molecule has 7 heteroatoms. The van der Waals surface area contributed by atoms with Crippen molar-refractivity contribution < 1.29 is 13.6 Å². The molecule has 0 unspecified atom stereocenters. The molecule has 20 heavy (non-hydrogen) atoms. The Kier molecular flexibility index (Phi) is 4.05. The molecule has 0 saturated carbocycles. The summed E-state index contributed by atoms with van der Waals surface area (Å²) in [5.74, 6) is -2.33. The van der Waals surface area contributed by atoms with Crippen LogP contribution in [0.5, 0.6) is 0 Å². The van der Waals surface area contributed by atoms with Crippen LogP contribution in [0.1, 0.15) is 16.1 Å². The zero-order chi connectivity index (χ0) is 14.7. The molecule has 0 bridgehead atoms. The molecule has 0 spiro atoms. The Morgan fingerprint density at radius 1 is 1.35 bits per heavy atom. The fraction of sp³-hybridized carbons (Fsp3) is 0. The number of rotatable bonds is 2. The van der Waals surface area contributed by atoms with Gasteiger partial charge in [-0.25, -0.2) is 13.8 Å². The summed E-state index contributed by atoms with van der Waals surface area (Å²) < 4.78 is 26.6. The third-order valence-corrected chi connectivity index (χ3v) is 3.00. The number of amides is 1. The highest BCUT2D eigenvalue weighted by Gasteiger charge is 2.14. The van der Waals surface area contributed by atoms with E-state index in [-0.39, 0.29) is 15.9 Å². The van der Waals surface area contributed by atoms with Crippen molar-refractivity contribution in [3.8, 4) is 6.07 Å². The first-order chi connectivity index (χ1) is 9.51. The minimum atomic E-state index is -0.904. The number of hydrogen-bond donors (Lipinski definition) is 1. The third-order valence-electron chi connectivity index (χ3n) is 2.37. The largest absolute Gasteiger partial charge is 0.317 e. The van der Waals surface area contributed by atoms with Gasteiger partial charge in [-0.05, 0) is 34.1 Å². The SMILES string of the molecule is N#Cc1ccc(C(=O)Nc2c(F)cc(F)cc2Br)nc1. The van der Waals surface area contributed by atoms with Gasteiger partial charge in [-0.3, -0.25) is 4.79 Å². The van der Waals surface area contributed by atoms with Gasteiger partial charge >= 0.3 is 0 Å². The molecule has 0 aliphatic carbocycles.